The molecule has 3 saturated carbocycles. The molecule has 7 aromatic rings. The Kier molecular flexibility index (Phi) is 7.21. The smallest absolute Gasteiger partial charge is 0.0554 e. The van der Waals surface area contributed by atoms with Gasteiger partial charge in [-0.3, -0.25) is 0 Å². The molecule has 6 aromatic carbocycles. The van der Waals surface area contributed by atoms with Crippen LogP contribution in [0.25, 0.3) is 42.4 Å². The summed E-state index contributed by atoms with van der Waals surface area (Å²) in [6, 6.07) is 50.2. The molecule has 0 N–H and O–H groups in total. The van der Waals surface area contributed by atoms with Gasteiger partial charge in [-0.15, -0.1) is 11.3 Å². The van der Waals surface area contributed by atoms with Crippen LogP contribution in [0, 0.1) is 17.8 Å². The van der Waals surface area contributed by atoms with E-state index in [1.807, 2.05) is 11.3 Å². The van der Waals surface area contributed by atoms with Gasteiger partial charge in [-0.1, -0.05) is 130 Å². The van der Waals surface area contributed by atoms with E-state index in [-0.39, 0.29) is 10.8 Å². The molecule has 2 spiro atoms. The van der Waals surface area contributed by atoms with E-state index in [9.17, 15) is 0 Å². The first-order valence-electron chi connectivity index (χ1n) is 21.4. The molecule has 0 saturated heterocycles. The first-order chi connectivity index (χ1) is 27.2. The molecule has 12 rings (SSSR count). The van der Waals surface area contributed by atoms with Crippen molar-refractivity contribution in [2.24, 2.45) is 17.8 Å². The minimum absolute atomic E-state index is 0.0616. The topological polar surface area (TPSA) is 3.24 Å². The third-order valence-corrected chi connectivity index (χ3v) is 16.6. The number of nitrogens with zero attached hydrogens (tertiary/aromatic N) is 1. The molecule has 55 heavy (non-hydrogen) atoms. The van der Waals surface area contributed by atoms with Crippen molar-refractivity contribution in [2.45, 2.75) is 88.4 Å². The van der Waals surface area contributed by atoms with Crippen LogP contribution in [0.15, 0.2) is 127 Å². The molecule has 0 amide bonds. The summed E-state index contributed by atoms with van der Waals surface area (Å²) < 4.78 is 2.72. The minimum atomic E-state index is 0.0616. The molecule has 2 heteroatoms. The molecule has 0 radical (unpaired) electrons. The minimum Gasteiger partial charge on any atom is -0.310 e. The van der Waals surface area contributed by atoms with E-state index < -0.39 is 0 Å². The lowest BCUT2D eigenvalue weighted by atomic mass is 9.57. The number of thiophene rings is 1. The van der Waals surface area contributed by atoms with Gasteiger partial charge in [0, 0.05) is 42.4 Å². The van der Waals surface area contributed by atoms with Crippen LogP contribution in [0.2, 0.25) is 0 Å². The largest absolute Gasteiger partial charge is 0.310 e. The number of hydrogen-bond acceptors (Lipinski definition) is 2. The van der Waals surface area contributed by atoms with Gasteiger partial charge in [-0.05, 0) is 137 Å². The molecule has 0 aliphatic heterocycles. The van der Waals surface area contributed by atoms with Crippen LogP contribution in [-0.2, 0) is 10.8 Å². The van der Waals surface area contributed by atoms with Crippen LogP contribution in [0.4, 0.5) is 17.1 Å². The van der Waals surface area contributed by atoms with E-state index >= 15 is 0 Å². The lowest BCUT2D eigenvalue weighted by molar-refractivity contribution is 0.171. The Hall–Kier alpha value is -4.66. The number of fused-ring (bicyclic) bond motifs is 16. The quantitative estimate of drug-likeness (QED) is 0.174. The van der Waals surface area contributed by atoms with Crippen molar-refractivity contribution in [3.8, 4) is 22.3 Å². The van der Waals surface area contributed by atoms with Gasteiger partial charge in [0.25, 0.3) is 0 Å². The van der Waals surface area contributed by atoms with Crippen molar-refractivity contribution in [3.63, 3.8) is 0 Å². The van der Waals surface area contributed by atoms with Crippen LogP contribution in [0.1, 0.15) is 99.8 Å². The van der Waals surface area contributed by atoms with E-state index in [1.54, 1.807) is 22.3 Å². The van der Waals surface area contributed by atoms with E-state index in [0.717, 1.165) is 5.92 Å². The Bertz CT molecular complexity index is 2660. The fraction of sp³-hybridized carbons (Fsp3) is 0.321. The monoisotopic (exact) mass is 731 g/mol. The average molecular weight is 732 g/mol. The maximum Gasteiger partial charge on any atom is 0.0554 e. The van der Waals surface area contributed by atoms with E-state index in [4.69, 9.17) is 0 Å². The fourth-order valence-corrected chi connectivity index (χ4v) is 14.4. The van der Waals surface area contributed by atoms with E-state index in [1.165, 1.54) is 130 Å². The Morgan fingerprint density at radius 2 is 1.25 bits per heavy atom. The Morgan fingerprint density at radius 1 is 0.582 bits per heavy atom. The molecular weight excluding hydrogens is 683 g/mol. The third kappa shape index (κ3) is 4.41. The highest BCUT2D eigenvalue weighted by Crippen LogP contribution is 2.64. The summed E-state index contributed by atoms with van der Waals surface area (Å²) in [5.41, 5.74) is 16.3. The van der Waals surface area contributed by atoms with Crippen LogP contribution >= 0.6 is 11.3 Å². The summed E-state index contributed by atoms with van der Waals surface area (Å²) in [4.78, 5) is 2.67. The highest BCUT2D eigenvalue weighted by atomic mass is 32.1. The van der Waals surface area contributed by atoms with Gasteiger partial charge < -0.3 is 4.90 Å². The van der Waals surface area contributed by atoms with E-state index in [0.29, 0.717) is 11.8 Å². The zero-order chi connectivity index (χ0) is 36.3. The molecular formula is C53H49NS. The molecule has 1 aromatic heterocycles. The third-order valence-electron chi connectivity index (χ3n) is 15.4. The average Bonchev–Trinajstić information content (AvgIpc) is 3.99. The summed E-state index contributed by atoms with van der Waals surface area (Å²) in [5, 5.41) is 2.73. The summed E-state index contributed by atoms with van der Waals surface area (Å²) in [6.07, 6.45) is 14.6. The summed E-state index contributed by atoms with van der Waals surface area (Å²) in [5.74, 6) is 2.22. The molecule has 1 heterocycles. The van der Waals surface area contributed by atoms with Gasteiger partial charge in [0.1, 0.15) is 0 Å². The Labute approximate surface area is 330 Å². The SMILES string of the molecule is CCC1CCC2CCCC(C2)C12c1ccccc1-c1ccc(N(c3ccc4c(c3)C3(CCCC3)c3ccccc3-4)c3cccc4sc5ccccc5c34)cc12. The van der Waals surface area contributed by atoms with Gasteiger partial charge in [-0.2, -0.15) is 0 Å². The van der Waals surface area contributed by atoms with Gasteiger partial charge in [0.15, 0.2) is 0 Å². The number of benzene rings is 6. The van der Waals surface area contributed by atoms with Crippen molar-refractivity contribution < 1.29 is 0 Å². The van der Waals surface area contributed by atoms with Gasteiger partial charge in [0.2, 0.25) is 0 Å². The summed E-state index contributed by atoms with van der Waals surface area (Å²) in [6.45, 7) is 2.49. The lowest BCUT2D eigenvalue weighted by Crippen LogP contribution is -2.42. The predicted molar refractivity (Wildman–Crippen MR) is 233 cm³/mol. The molecule has 3 fully saturated rings. The highest BCUT2D eigenvalue weighted by Gasteiger charge is 2.55. The van der Waals surface area contributed by atoms with Gasteiger partial charge in [-0.25, -0.2) is 0 Å². The Balaban J connectivity index is 1.13. The second kappa shape index (κ2) is 12.2. The summed E-state index contributed by atoms with van der Waals surface area (Å²) >= 11 is 1.93. The number of hydrogen-bond donors (Lipinski definition) is 0. The van der Waals surface area contributed by atoms with Crippen molar-refractivity contribution in [2.75, 3.05) is 4.90 Å². The van der Waals surface area contributed by atoms with Crippen molar-refractivity contribution >= 4 is 48.6 Å². The Morgan fingerprint density at radius 3 is 2.07 bits per heavy atom. The molecule has 4 atom stereocenters. The van der Waals surface area contributed by atoms with E-state index in [2.05, 4.69) is 139 Å². The van der Waals surface area contributed by atoms with Crippen molar-refractivity contribution in [1.82, 2.24) is 0 Å². The van der Waals surface area contributed by atoms with Gasteiger partial charge >= 0.3 is 0 Å². The molecule has 5 aliphatic carbocycles. The van der Waals surface area contributed by atoms with Crippen LogP contribution in [-0.4, -0.2) is 0 Å². The van der Waals surface area contributed by atoms with Crippen LogP contribution in [0.3, 0.4) is 0 Å². The van der Waals surface area contributed by atoms with Crippen molar-refractivity contribution in [1.29, 1.82) is 0 Å². The second-order valence-corrected chi connectivity index (χ2v) is 18.8. The maximum absolute atomic E-state index is 2.70. The molecule has 4 unspecified atom stereocenters. The zero-order valence-corrected chi connectivity index (χ0v) is 32.8. The van der Waals surface area contributed by atoms with Crippen LogP contribution in [0.5, 0.6) is 0 Å². The molecule has 5 aliphatic rings. The zero-order valence-electron chi connectivity index (χ0n) is 32.0. The summed E-state index contributed by atoms with van der Waals surface area (Å²) in [7, 11) is 0. The van der Waals surface area contributed by atoms with Crippen LogP contribution < -0.4 is 4.90 Å². The first kappa shape index (κ1) is 32.6. The first-order valence-corrected chi connectivity index (χ1v) is 22.2. The van der Waals surface area contributed by atoms with Crippen molar-refractivity contribution in [3.05, 3.63) is 150 Å². The molecule has 1 nitrogen and oxygen atoms in total. The highest BCUT2D eigenvalue weighted by molar-refractivity contribution is 7.26. The fourth-order valence-electron chi connectivity index (χ4n) is 13.3. The van der Waals surface area contributed by atoms with Gasteiger partial charge in [0.05, 0.1) is 5.69 Å². The second-order valence-electron chi connectivity index (χ2n) is 17.7. The standard InChI is InChI=1S/C53H49NS/c1-2-35-24-23-34-13-11-14-36(31-34)53(35)45-19-7-4-16-40(45)42-28-26-38(33-47(42)53)54(48-20-12-22-50-51(48)43-17-5-8-21-49(43)55-50)37-25-27-41-39-15-3-6-18-44(39)52(46(41)32-37)29-9-10-30-52/h3-8,12,15-22,25-28,32-36H,2,9-11,13-14,23-24,29-31H2,1H3. The predicted octanol–water partition coefficient (Wildman–Crippen LogP) is 15.3. The normalized spacial score (nSPS) is 24.2. The number of rotatable bonds is 4. The maximum atomic E-state index is 2.70. The molecule has 2 bridgehead atoms. The molecule has 272 valence electrons. The lowest BCUT2D eigenvalue weighted by Gasteiger charge is -2.46. The number of anilines is 3.